The number of rotatable bonds is 5. The summed E-state index contributed by atoms with van der Waals surface area (Å²) in [7, 11) is 0. The molecule has 0 bridgehead atoms. The Hall–Kier alpha value is -1.55. The monoisotopic (exact) mass is 404 g/mol. The molecule has 0 unspecified atom stereocenters. The van der Waals surface area contributed by atoms with E-state index in [9.17, 15) is 9.90 Å². The van der Waals surface area contributed by atoms with Gasteiger partial charge in [-0.05, 0) is 78.5 Å². The number of carbonyl (C=O) groups is 1. The van der Waals surface area contributed by atoms with Gasteiger partial charge >= 0.3 is 5.97 Å². The van der Waals surface area contributed by atoms with Crippen molar-refractivity contribution in [1.29, 1.82) is 0 Å². The van der Waals surface area contributed by atoms with Gasteiger partial charge in [-0.1, -0.05) is 11.8 Å². The summed E-state index contributed by atoms with van der Waals surface area (Å²) in [4.78, 5) is 12.8. The lowest BCUT2D eigenvalue weighted by atomic mass is 9.92. The zero-order valence-corrected chi connectivity index (χ0v) is 18.0. The summed E-state index contributed by atoms with van der Waals surface area (Å²) in [5.41, 5.74) is 0.603. The Morgan fingerprint density at radius 3 is 2.43 bits per heavy atom. The highest BCUT2D eigenvalue weighted by Crippen LogP contribution is 2.31. The van der Waals surface area contributed by atoms with Crippen LogP contribution < -0.4 is 10.6 Å². The Kier molecular flexibility index (Phi) is 7.03. The molecule has 0 spiro atoms. The standard InChI is InChI=1S/C22H32N2O3S/c1-22(2,3)11-8-18-14-19(20(28-18)21(25)26)24-15-4-6-16(7-5-15)27-17-9-12-23-13-10-17/h14-17,23-24H,4-7,9-10,12-13H2,1-3H3,(H,25,26)/t15-,16-. The molecule has 0 amide bonds. The van der Waals surface area contributed by atoms with E-state index in [-0.39, 0.29) is 5.41 Å². The second-order valence-corrected chi connectivity index (χ2v) is 9.91. The zero-order chi connectivity index (χ0) is 20.1. The predicted octanol–water partition coefficient (Wildman–Crippen LogP) is 4.34. The smallest absolute Gasteiger partial charge is 0.348 e. The summed E-state index contributed by atoms with van der Waals surface area (Å²) in [5.74, 6) is 5.43. The number of thiophene rings is 1. The first-order valence-corrected chi connectivity index (χ1v) is 11.1. The minimum absolute atomic E-state index is 0.103. The van der Waals surface area contributed by atoms with Crippen LogP contribution in [0.15, 0.2) is 6.07 Å². The molecule has 0 atom stereocenters. The Labute approximate surface area is 172 Å². The van der Waals surface area contributed by atoms with Crippen molar-refractivity contribution < 1.29 is 14.6 Å². The van der Waals surface area contributed by atoms with Gasteiger partial charge in [-0.15, -0.1) is 11.3 Å². The normalized spacial score (nSPS) is 23.7. The number of hydrogen-bond donors (Lipinski definition) is 3. The summed E-state index contributed by atoms with van der Waals surface area (Å²) >= 11 is 1.25. The molecule has 28 heavy (non-hydrogen) atoms. The van der Waals surface area contributed by atoms with E-state index in [1.807, 2.05) is 6.07 Å². The van der Waals surface area contributed by atoms with E-state index in [2.05, 4.69) is 43.2 Å². The van der Waals surface area contributed by atoms with Crippen LogP contribution in [0, 0.1) is 17.3 Å². The molecule has 3 rings (SSSR count). The molecule has 1 aliphatic carbocycles. The molecular formula is C22H32N2O3S. The van der Waals surface area contributed by atoms with Gasteiger partial charge in [0.2, 0.25) is 0 Å². The van der Waals surface area contributed by atoms with Crippen LogP contribution in [-0.4, -0.2) is 42.4 Å². The number of carboxylic acid groups (broad SMARTS) is 1. The lowest BCUT2D eigenvalue weighted by Crippen LogP contribution is -2.37. The largest absolute Gasteiger partial charge is 0.477 e. The van der Waals surface area contributed by atoms with Crippen LogP contribution in [0.3, 0.4) is 0 Å². The van der Waals surface area contributed by atoms with E-state index in [0.29, 0.717) is 28.8 Å². The lowest BCUT2D eigenvalue weighted by Gasteiger charge is -2.33. The van der Waals surface area contributed by atoms with Crippen LogP contribution in [-0.2, 0) is 4.74 Å². The Morgan fingerprint density at radius 1 is 1.18 bits per heavy atom. The third-order valence-electron chi connectivity index (χ3n) is 5.19. The highest BCUT2D eigenvalue weighted by molar-refractivity contribution is 7.15. The van der Waals surface area contributed by atoms with Crippen molar-refractivity contribution in [3.05, 3.63) is 15.8 Å². The highest BCUT2D eigenvalue weighted by Gasteiger charge is 2.26. The number of carboxylic acids is 1. The number of aromatic carboxylic acids is 1. The van der Waals surface area contributed by atoms with Crippen LogP contribution in [0.4, 0.5) is 5.69 Å². The van der Waals surface area contributed by atoms with Gasteiger partial charge in [0, 0.05) is 11.5 Å². The first-order chi connectivity index (χ1) is 13.3. The third-order valence-corrected chi connectivity index (χ3v) is 6.23. The average Bonchev–Trinajstić information content (AvgIpc) is 3.05. The average molecular weight is 405 g/mol. The van der Waals surface area contributed by atoms with E-state index in [4.69, 9.17) is 4.74 Å². The summed E-state index contributed by atoms with van der Waals surface area (Å²) < 4.78 is 6.28. The molecule has 3 N–H and O–H groups in total. The van der Waals surface area contributed by atoms with Gasteiger partial charge in [0.1, 0.15) is 4.88 Å². The van der Waals surface area contributed by atoms with E-state index in [1.54, 1.807) is 0 Å². The summed E-state index contributed by atoms with van der Waals surface area (Å²) in [6, 6.07) is 2.19. The van der Waals surface area contributed by atoms with E-state index in [0.717, 1.165) is 56.5 Å². The van der Waals surface area contributed by atoms with Crippen molar-refractivity contribution >= 4 is 23.0 Å². The molecule has 2 heterocycles. The maximum absolute atomic E-state index is 11.6. The molecule has 2 aliphatic rings. The Balaban J connectivity index is 1.57. The molecule has 0 radical (unpaired) electrons. The Morgan fingerprint density at radius 2 is 1.82 bits per heavy atom. The molecule has 1 saturated heterocycles. The molecule has 6 heteroatoms. The fourth-order valence-electron chi connectivity index (χ4n) is 3.73. The zero-order valence-electron chi connectivity index (χ0n) is 17.1. The first kappa shape index (κ1) is 21.2. The molecular weight excluding hydrogens is 372 g/mol. The van der Waals surface area contributed by atoms with Crippen LogP contribution in [0.2, 0.25) is 0 Å². The molecule has 1 aromatic heterocycles. The maximum Gasteiger partial charge on any atom is 0.348 e. The van der Waals surface area contributed by atoms with Gasteiger partial charge in [0.15, 0.2) is 0 Å². The summed E-state index contributed by atoms with van der Waals surface area (Å²) in [5, 5.41) is 16.4. The van der Waals surface area contributed by atoms with E-state index < -0.39 is 5.97 Å². The maximum atomic E-state index is 11.6. The topological polar surface area (TPSA) is 70.6 Å². The fraction of sp³-hybridized carbons (Fsp3) is 0.682. The third kappa shape index (κ3) is 6.23. The second-order valence-electron chi connectivity index (χ2n) is 8.86. The number of hydrogen-bond acceptors (Lipinski definition) is 5. The minimum atomic E-state index is -0.890. The number of nitrogens with one attached hydrogen (secondary N) is 2. The molecule has 154 valence electrons. The van der Waals surface area contributed by atoms with Crippen LogP contribution in [0.25, 0.3) is 0 Å². The van der Waals surface area contributed by atoms with Crippen LogP contribution in [0.5, 0.6) is 0 Å². The fourth-order valence-corrected chi connectivity index (χ4v) is 4.55. The van der Waals surface area contributed by atoms with Gasteiger partial charge in [0.25, 0.3) is 0 Å². The minimum Gasteiger partial charge on any atom is -0.477 e. The van der Waals surface area contributed by atoms with Crippen molar-refractivity contribution in [3.8, 4) is 11.8 Å². The quantitative estimate of drug-likeness (QED) is 0.637. The molecule has 0 aromatic carbocycles. The molecule has 1 aromatic rings. The summed E-state index contributed by atoms with van der Waals surface area (Å²) in [6.07, 6.45) is 7.03. The van der Waals surface area contributed by atoms with Gasteiger partial charge in [0.05, 0.1) is 22.8 Å². The second kappa shape index (κ2) is 9.30. The lowest BCUT2D eigenvalue weighted by molar-refractivity contribution is -0.0431. The highest BCUT2D eigenvalue weighted by atomic mass is 32.1. The summed E-state index contributed by atoms with van der Waals surface area (Å²) in [6.45, 7) is 8.26. The van der Waals surface area contributed by atoms with Gasteiger partial charge in [-0.3, -0.25) is 0 Å². The van der Waals surface area contributed by atoms with Crippen molar-refractivity contribution in [2.45, 2.75) is 77.5 Å². The van der Waals surface area contributed by atoms with Crippen LogP contribution in [0.1, 0.15) is 73.8 Å². The van der Waals surface area contributed by atoms with Gasteiger partial charge < -0.3 is 20.5 Å². The molecule has 2 fully saturated rings. The van der Waals surface area contributed by atoms with Crippen molar-refractivity contribution in [1.82, 2.24) is 5.32 Å². The van der Waals surface area contributed by atoms with Crippen LogP contribution >= 0.6 is 11.3 Å². The SMILES string of the molecule is CC(C)(C)C#Cc1cc(N[C@H]2CC[C@H](OC3CCNCC3)CC2)c(C(=O)O)s1. The number of ether oxygens (including phenoxy) is 1. The molecule has 1 aliphatic heterocycles. The molecule has 5 nitrogen and oxygen atoms in total. The van der Waals surface area contributed by atoms with Gasteiger partial charge in [-0.25, -0.2) is 4.79 Å². The van der Waals surface area contributed by atoms with E-state index in [1.165, 1.54) is 11.3 Å². The number of anilines is 1. The molecule has 1 saturated carbocycles. The van der Waals surface area contributed by atoms with Crippen molar-refractivity contribution in [2.75, 3.05) is 18.4 Å². The first-order valence-electron chi connectivity index (χ1n) is 10.3. The van der Waals surface area contributed by atoms with E-state index >= 15 is 0 Å². The number of piperidine rings is 1. The predicted molar refractivity (Wildman–Crippen MR) is 114 cm³/mol. The van der Waals surface area contributed by atoms with Gasteiger partial charge in [-0.2, -0.15) is 0 Å². The van der Waals surface area contributed by atoms with Crippen molar-refractivity contribution in [2.24, 2.45) is 5.41 Å². The Bertz CT molecular complexity index is 727. The van der Waals surface area contributed by atoms with Crippen molar-refractivity contribution in [3.63, 3.8) is 0 Å².